The van der Waals surface area contributed by atoms with Gasteiger partial charge in [-0.15, -0.1) is 0 Å². The van der Waals surface area contributed by atoms with Crippen molar-refractivity contribution in [2.75, 3.05) is 11.4 Å². The molecule has 0 saturated carbocycles. The molecular formula is C11H10F3NO. The highest BCUT2D eigenvalue weighted by Gasteiger charge is 2.37. The first-order valence-electron chi connectivity index (χ1n) is 4.88. The molecule has 0 N–H and O–H groups in total. The van der Waals surface area contributed by atoms with Crippen LogP contribution in [0.5, 0.6) is 0 Å². The van der Waals surface area contributed by atoms with E-state index in [2.05, 4.69) is 0 Å². The van der Waals surface area contributed by atoms with Gasteiger partial charge in [-0.05, 0) is 24.1 Å². The van der Waals surface area contributed by atoms with Gasteiger partial charge in [-0.25, -0.2) is 0 Å². The zero-order valence-electron chi connectivity index (χ0n) is 8.64. The first-order chi connectivity index (χ1) is 7.41. The van der Waals surface area contributed by atoms with Gasteiger partial charge in [0, 0.05) is 19.2 Å². The van der Waals surface area contributed by atoms with Crippen LogP contribution in [0.15, 0.2) is 18.2 Å². The number of anilines is 1. The number of alkyl halides is 3. The van der Waals surface area contributed by atoms with Crippen LogP contribution in [0.25, 0.3) is 0 Å². The number of carbonyl (C=O) groups is 1. The average Bonchev–Trinajstić information content (AvgIpc) is 2.58. The Balaban J connectivity index is 2.52. The van der Waals surface area contributed by atoms with Crippen molar-refractivity contribution in [1.82, 2.24) is 0 Å². The molecule has 0 spiro atoms. The number of hydrogen-bond acceptors (Lipinski definition) is 1. The first-order valence-corrected chi connectivity index (χ1v) is 4.88. The van der Waals surface area contributed by atoms with Crippen molar-refractivity contribution in [3.05, 3.63) is 29.3 Å². The maximum absolute atomic E-state index is 12.7. The van der Waals surface area contributed by atoms with Gasteiger partial charge in [0.05, 0.1) is 5.56 Å². The highest BCUT2D eigenvalue weighted by Crippen LogP contribution is 2.39. The van der Waals surface area contributed by atoms with E-state index < -0.39 is 11.7 Å². The Morgan fingerprint density at radius 3 is 2.62 bits per heavy atom. The van der Waals surface area contributed by atoms with Crippen molar-refractivity contribution in [3.8, 4) is 0 Å². The summed E-state index contributed by atoms with van der Waals surface area (Å²) in [6.07, 6.45) is -4.08. The minimum atomic E-state index is -4.35. The molecule has 86 valence electrons. The van der Waals surface area contributed by atoms with E-state index in [9.17, 15) is 18.0 Å². The van der Waals surface area contributed by atoms with Gasteiger partial charge in [0.1, 0.15) is 0 Å². The summed E-state index contributed by atoms with van der Waals surface area (Å²) in [7, 11) is 0. The molecule has 1 aromatic rings. The summed E-state index contributed by atoms with van der Waals surface area (Å²) >= 11 is 0. The quantitative estimate of drug-likeness (QED) is 0.669. The molecular weight excluding hydrogens is 219 g/mol. The van der Waals surface area contributed by atoms with Crippen LogP contribution in [0.1, 0.15) is 18.1 Å². The molecule has 1 amide bonds. The summed E-state index contributed by atoms with van der Waals surface area (Å²) in [6, 6.07) is 3.95. The molecule has 0 fully saturated rings. The Bertz CT molecular complexity index is 439. The van der Waals surface area contributed by atoms with Crippen molar-refractivity contribution in [2.45, 2.75) is 19.5 Å². The topological polar surface area (TPSA) is 20.3 Å². The van der Waals surface area contributed by atoms with Crippen LogP contribution < -0.4 is 4.90 Å². The van der Waals surface area contributed by atoms with Gasteiger partial charge < -0.3 is 4.90 Å². The highest BCUT2D eigenvalue weighted by atomic mass is 19.4. The maximum atomic E-state index is 12.7. The fourth-order valence-corrected chi connectivity index (χ4v) is 2.03. The van der Waals surface area contributed by atoms with E-state index in [0.29, 0.717) is 12.2 Å². The van der Waals surface area contributed by atoms with E-state index in [1.807, 2.05) is 0 Å². The van der Waals surface area contributed by atoms with Crippen LogP contribution >= 0.6 is 0 Å². The zero-order chi connectivity index (χ0) is 11.9. The summed E-state index contributed by atoms with van der Waals surface area (Å²) in [4.78, 5) is 12.6. The molecule has 1 aliphatic rings. The molecule has 16 heavy (non-hydrogen) atoms. The van der Waals surface area contributed by atoms with Crippen molar-refractivity contribution in [2.24, 2.45) is 0 Å². The third-order valence-electron chi connectivity index (χ3n) is 2.71. The van der Waals surface area contributed by atoms with Gasteiger partial charge in [-0.1, -0.05) is 6.07 Å². The molecule has 1 aliphatic heterocycles. The zero-order valence-corrected chi connectivity index (χ0v) is 8.64. The van der Waals surface area contributed by atoms with Gasteiger partial charge >= 0.3 is 6.18 Å². The van der Waals surface area contributed by atoms with Gasteiger partial charge in [0.2, 0.25) is 5.91 Å². The third kappa shape index (κ3) is 1.66. The van der Waals surface area contributed by atoms with Crippen molar-refractivity contribution in [3.63, 3.8) is 0 Å². The van der Waals surface area contributed by atoms with E-state index >= 15 is 0 Å². The average molecular weight is 229 g/mol. The fourth-order valence-electron chi connectivity index (χ4n) is 2.03. The van der Waals surface area contributed by atoms with E-state index in [4.69, 9.17) is 0 Å². The number of benzene rings is 1. The molecule has 2 nitrogen and oxygen atoms in total. The monoisotopic (exact) mass is 229 g/mol. The summed E-state index contributed by atoms with van der Waals surface area (Å²) in [5, 5.41) is 0. The molecule has 1 aromatic carbocycles. The van der Waals surface area contributed by atoms with Crippen molar-refractivity contribution in [1.29, 1.82) is 0 Å². The predicted molar refractivity (Wildman–Crippen MR) is 53.2 cm³/mol. The Morgan fingerprint density at radius 2 is 2.06 bits per heavy atom. The predicted octanol–water partition coefficient (Wildman–Crippen LogP) is 2.61. The smallest absolute Gasteiger partial charge is 0.312 e. The Morgan fingerprint density at radius 1 is 1.38 bits per heavy atom. The first kappa shape index (κ1) is 11.0. The molecule has 2 rings (SSSR count). The molecule has 0 unspecified atom stereocenters. The largest absolute Gasteiger partial charge is 0.416 e. The second-order valence-corrected chi connectivity index (χ2v) is 3.72. The molecule has 1 heterocycles. The molecule has 0 atom stereocenters. The van der Waals surface area contributed by atoms with Crippen LogP contribution in [0.4, 0.5) is 18.9 Å². The van der Waals surface area contributed by atoms with Crippen molar-refractivity contribution < 1.29 is 18.0 Å². The van der Waals surface area contributed by atoms with Crippen LogP contribution in [0.2, 0.25) is 0 Å². The van der Waals surface area contributed by atoms with Crippen LogP contribution in [0.3, 0.4) is 0 Å². The molecule has 5 heteroatoms. The Kier molecular flexibility index (Phi) is 2.40. The van der Waals surface area contributed by atoms with Crippen LogP contribution in [-0.2, 0) is 17.4 Å². The van der Waals surface area contributed by atoms with Gasteiger partial charge in [0.15, 0.2) is 0 Å². The second kappa shape index (κ2) is 3.50. The number of amides is 1. The number of hydrogen-bond donors (Lipinski definition) is 0. The molecule has 0 saturated heterocycles. The normalized spacial score (nSPS) is 15.1. The van der Waals surface area contributed by atoms with E-state index in [0.717, 1.165) is 6.07 Å². The van der Waals surface area contributed by atoms with Gasteiger partial charge in [-0.2, -0.15) is 13.2 Å². The third-order valence-corrected chi connectivity index (χ3v) is 2.71. The second-order valence-electron chi connectivity index (χ2n) is 3.72. The molecule has 0 aliphatic carbocycles. The van der Waals surface area contributed by atoms with Crippen LogP contribution in [0, 0.1) is 0 Å². The number of carbonyl (C=O) groups excluding carboxylic acids is 1. The SMILES string of the molecule is CC(=O)N1CCc2c1cccc2C(F)(F)F. The number of nitrogens with zero attached hydrogens (tertiary/aromatic N) is 1. The number of halogens is 3. The highest BCUT2D eigenvalue weighted by molar-refractivity contribution is 5.94. The van der Waals surface area contributed by atoms with E-state index in [-0.39, 0.29) is 17.9 Å². The number of fused-ring (bicyclic) bond motifs is 1. The number of rotatable bonds is 0. The Labute approximate surface area is 90.7 Å². The lowest BCUT2D eigenvalue weighted by atomic mass is 10.0. The lowest BCUT2D eigenvalue weighted by Gasteiger charge is -2.16. The van der Waals surface area contributed by atoms with Gasteiger partial charge in [-0.3, -0.25) is 4.79 Å². The maximum Gasteiger partial charge on any atom is 0.416 e. The summed E-state index contributed by atoms with van der Waals surface area (Å²) in [5.41, 5.74) is -0.0127. The summed E-state index contributed by atoms with van der Waals surface area (Å²) in [5.74, 6) is -0.224. The fraction of sp³-hybridized carbons (Fsp3) is 0.364. The van der Waals surface area contributed by atoms with Crippen molar-refractivity contribution >= 4 is 11.6 Å². The lowest BCUT2D eigenvalue weighted by molar-refractivity contribution is -0.138. The summed E-state index contributed by atoms with van der Waals surface area (Å²) < 4.78 is 38.0. The molecule has 0 bridgehead atoms. The molecule has 0 aromatic heterocycles. The minimum absolute atomic E-state index is 0.224. The molecule has 0 radical (unpaired) electrons. The Hall–Kier alpha value is -1.52. The minimum Gasteiger partial charge on any atom is -0.312 e. The van der Waals surface area contributed by atoms with Gasteiger partial charge in [0.25, 0.3) is 0 Å². The van der Waals surface area contributed by atoms with Crippen LogP contribution in [-0.4, -0.2) is 12.5 Å². The lowest BCUT2D eigenvalue weighted by Crippen LogP contribution is -2.25. The van der Waals surface area contributed by atoms with E-state index in [1.54, 1.807) is 6.07 Å². The van der Waals surface area contributed by atoms with E-state index in [1.165, 1.54) is 17.9 Å². The summed E-state index contributed by atoms with van der Waals surface area (Å²) in [6.45, 7) is 1.69. The standard InChI is InChI=1S/C11H10F3NO/c1-7(16)15-6-5-8-9(11(12,13)14)3-2-4-10(8)15/h2-4H,5-6H2,1H3.